The van der Waals surface area contributed by atoms with Gasteiger partial charge in [0, 0.05) is 37.3 Å². The van der Waals surface area contributed by atoms with Crippen molar-refractivity contribution in [3.63, 3.8) is 0 Å². The molecular weight excluding hydrogens is 348 g/mol. The van der Waals surface area contributed by atoms with Crippen molar-refractivity contribution in [1.29, 1.82) is 0 Å². The lowest BCUT2D eigenvalue weighted by Gasteiger charge is -2.37. The highest BCUT2D eigenvalue weighted by atomic mass is 16.2. The Morgan fingerprint density at radius 2 is 1.89 bits per heavy atom. The summed E-state index contributed by atoms with van der Waals surface area (Å²) in [5.41, 5.74) is 6.56. The van der Waals surface area contributed by atoms with E-state index in [4.69, 9.17) is 0 Å². The minimum Gasteiger partial charge on any atom is -0.330 e. The lowest BCUT2D eigenvalue weighted by molar-refractivity contribution is 0.0652. The van der Waals surface area contributed by atoms with Gasteiger partial charge in [0.05, 0.1) is 6.04 Å². The topological polar surface area (TPSA) is 61.0 Å². The molecule has 0 fully saturated rings. The van der Waals surface area contributed by atoms with Crippen molar-refractivity contribution in [2.45, 2.75) is 31.8 Å². The molecule has 2 N–H and O–H groups in total. The number of hydrogen-bond acceptors (Lipinski definition) is 3. The number of rotatable bonds is 3. The number of aromatic amines is 1. The summed E-state index contributed by atoms with van der Waals surface area (Å²) in [6.45, 7) is 2.36. The molecule has 0 bridgehead atoms. The molecule has 2 aliphatic rings. The van der Waals surface area contributed by atoms with E-state index >= 15 is 0 Å². The van der Waals surface area contributed by atoms with E-state index in [1.807, 2.05) is 11.0 Å². The van der Waals surface area contributed by atoms with Gasteiger partial charge in [-0.1, -0.05) is 54.6 Å². The molecule has 28 heavy (non-hydrogen) atoms. The summed E-state index contributed by atoms with van der Waals surface area (Å²) in [5, 5.41) is 10.9. The van der Waals surface area contributed by atoms with E-state index in [2.05, 4.69) is 64.0 Å². The van der Waals surface area contributed by atoms with E-state index in [0.29, 0.717) is 12.2 Å². The predicted octanol–water partition coefficient (Wildman–Crippen LogP) is 3.04. The molecule has 5 nitrogen and oxygen atoms in total. The van der Waals surface area contributed by atoms with Crippen molar-refractivity contribution in [2.24, 2.45) is 0 Å². The lowest BCUT2D eigenvalue weighted by atomic mass is 9.88. The Bertz CT molecular complexity index is 995. The number of hydrogen-bond donors (Lipinski definition) is 2. The fourth-order valence-corrected chi connectivity index (χ4v) is 4.49. The first-order chi connectivity index (χ1) is 13.8. The lowest BCUT2D eigenvalue weighted by Crippen LogP contribution is -2.41. The number of amides is 1. The fourth-order valence-electron chi connectivity index (χ4n) is 4.49. The zero-order valence-electron chi connectivity index (χ0n) is 15.8. The first-order valence-corrected chi connectivity index (χ1v) is 10.0. The molecule has 0 aliphatic carbocycles. The second-order valence-corrected chi connectivity index (χ2v) is 7.61. The molecule has 5 heteroatoms. The zero-order chi connectivity index (χ0) is 18.9. The second kappa shape index (κ2) is 7.24. The second-order valence-electron chi connectivity index (χ2n) is 7.61. The number of benzene rings is 2. The fraction of sp³-hybridized carbons (Fsp3) is 0.304. The van der Waals surface area contributed by atoms with Gasteiger partial charge in [-0.15, -0.1) is 0 Å². The monoisotopic (exact) mass is 372 g/mol. The summed E-state index contributed by atoms with van der Waals surface area (Å²) in [6, 6.07) is 19.0. The number of nitrogens with one attached hydrogen (secondary N) is 2. The highest BCUT2D eigenvalue weighted by molar-refractivity contribution is 5.94. The number of fused-ring (bicyclic) bond motifs is 2. The highest BCUT2D eigenvalue weighted by Crippen LogP contribution is 2.34. The van der Waals surface area contributed by atoms with Gasteiger partial charge in [0.1, 0.15) is 0 Å². The van der Waals surface area contributed by atoms with Crippen LogP contribution in [-0.2, 0) is 25.8 Å². The van der Waals surface area contributed by atoms with Crippen LogP contribution in [0.3, 0.4) is 0 Å². The number of aromatic nitrogens is 2. The SMILES string of the molecule is O=C(c1n[nH]c2c1CNCC2)N1CCc2ccccc2C1Cc1ccccc1. The number of H-pyrrole nitrogens is 1. The Morgan fingerprint density at radius 3 is 2.79 bits per heavy atom. The number of carbonyl (C=O) groups excluding carboxylic acids is 1. The van der Waals surface area contributed by atoms with Crippen LogP contribution >= 0.6 is 0 Å². The van der Waals surface area contributed by atoms with Crippen LogP contribution in [-0.4, -0.2) is 34.1 Å². The van der Waals surface area contributed by atoms with E-state index in [-0.39, 0.29) is 11.9 Å². The van der Waals surface area contributed by atoms with E-state index in [1.54, 1.807) is 0 Å². The van der Waals surface area contributed by atoms with Gasteiger partial charge in [0.15, 0.2) is 5.69 Å². The van der Waals surface area contributed by atoms with Crippen LogP contribution in [0.2, 0.25) is 0 Å². The minimum atomic E-state index is 0.0312. The maximum Gasteiger partial charge on any atom is 0.275 e. The third-order valence-electron chi connectivity index (χ3n) is 5.95. The Balaban J connectivity index is 1.52. The van der Waals surface area contributed by atoms with Gasteiger partial charge in [-0.05, 0) is 29.5 Å². The standard InChI is InChI=1S/C23H24N4O/c28-23(22-19-15-24-12-10-20(19)25-26-22)27-13-11-17-8-4-5-9-18(17)21(27)14-16-6-2-1-3-7-16/h1-9,21,24H,10-15H2,(H,25,26). The van der Waals surface area contributed by atoms with Crippen molar-refractivity contribution in [2.75, 3.05) is 13.1 Å². The summed E-state index contributed by atoms with van der Waals surface area (Å²) in [5.74, 6) is 0.0386. The summed E-state index contributed by atoms with van der Waals surface area (Å²) >= 11 is 0. The van der Waals surface area contributed by atoms with Crippen molar-refractivity contribution in [1.82, 2.24) is 20.4 Å². The van der Waals surface area contributed by atoms with Crippen molar-refractivity contribution < 1.29 is 4.79 Å². The molecule has 1 unspecified atom stereocenters. The summed E-state index contributed by atoms with van der Waals surface area (Å²) in [4.78, 5) is 15.6. The van der Waals surface area contributed by atoms with E-state index in [9.17, 15) is 4.79 Å². The Hall–Kier alpha value is -2.92. The Morgan fingerprint density at radius 1 is 1.07 bits per heavy atom. The van der Waals surface area contributed by atoms with Gasteiger partial charge in [-0.3, -0.25) is 9.89 Å². The molecule has 2 aromatic carbocycles. The maximum absolute atomic E-state index is 13.6. The molecule has 0 saturated carbocycles. The van der Waals surface area contributed by atoms with Crippen molar-refractivity contribution >= 4 is 5.91 Å². The molecular formula is C23H24N4O. The predicted molar refractivity (Wildman–Crippen MR) is 108 cm³/mol. The van der Waals surface area contributed by atoms with Gasteiger partial charge in [0.2, 0.25) is 0 Å². The van der Waals surface area contributed by atoms with Crippen LogP contribution in [0.25, 0.3) is 0 Å². The molecule has 0 spiro atoms. The highest BCUT2D eigenvalue weighted by Gasteiger charge is 2.34. The summed E-state index contributed by atoms with van der Waals surface area (Å²) in [7, 11) is 0. The third kappa shape index (κ3) is 3.02. The Kier molecular flexibility index (Phi) is 4.45. The van der Waals surface area contributed by atoms with Crippen LogP contribution in [0.1, 0.15) is 44.5 Å². The van der Waals surface area contributed by atoms with E-state index in [1.165, 1.54) is 16.7 Å². The van der Waals surface area contributed by atoms with Gasteiger partial charge in [0.25, 0.3) is 5.91 Å². The number of carbonyl (C=O) groups is 1. The van der Waals surface area contributed by atoms with Crippen LogP contribution < -0.4 is 5.32 Å². The van der Waals surface area contributed by atoms with Crippen molar-refractivity contribution in [3.05, 3.63) is 88.2 Å². The zero-order valence-corrected chi connectivity index (χ0v) is 15.8. The average Bonchev–Trinajstić information content (AvgIpc) is 3.18. The average molecular weight is 372 g/mol. The van der Waals surface area contributed by atoms with E-state index < -0.39 is 0 Å². The molecule has 142 valence electrons. The Labute approximate surface area is 164 Å². The van der Waals surface area contributed by atoms with Crippen LogP contribution in [0.15, 0.2) is 54.6 Å². The van der Waals surface area contributed by atoms with Crippen LogP contribution in [0.4, 0.5) is 0 Å². The minimum absolute atomic E-state index is 0.0312. The molecule has 1 atom stereocenters. The summed E-state index contributed by atoms with van der Waals surface area (Å²) in [6.07, 6.45) is 2.60. The first-order valence-electron chi connectivity index (χ1n) is 10.0. The molecule has 3 heterocycles. The smallest absolute Gasteiger partial charge is 0.275 e. The first kappa shape index (κ1) is 17.2. The summed E-state index contributed by atoms with van der Waals surface area (Å²) < 4.78 is 0. The van der Waals surface area contributed by atoms with Gasteiger partial charge < -0.3 is 10.2 Å². The van der Waals surface area contributed by atoms with Crippen LogP contribution in [0.5, 0.6) is 0 Å². The van der Waals surface area contributed by atoms with E-state index in [0.717, 1.165) is 43.6 Å². The normalized spacial score (nSPS) is 18.4. The number of nitrogens with zero attached hydrogens (tertiary/aromatic N) is 2. The largest absolute Gasteiger partial charge is 0.330 e. The van der Waals surface area contributed by atoms with Crippen LogP contribution in [0, 0.1) is 0 Å². The maximum atomic E-state index is 13.6. The molecule has 1 amide bonds. The van der Waals surface area contributed by atoms with Gasteiger partial charge in [-0.2, -0.15) is 5.10 Å². The van der Waals surface area contributed by atoms with Gasteiger partial charge >= 0.3 is 0 Å². The quantitative estimate of drug-likeness (QED) is 0.743. The third-order valence-corrected chi connectivity index (χ3v) is 5.95. The van der Waals surface area contributed by atoms with Gasteiger partial charge in [-0.25, -0.2) is 0 Å². The molecule has 5 rings (SSSR count). The molecule has 0 saturated heterocycles. The van der Waals surface area contributed by atoms with Crippen molar-refractivity contribution in [3.8, 4) is 0 Å². The molecule has 3 aromatic rings. The molecule has 0 radical (unpaired) electrons. The molecule has 1 aromatic heterocycles. The molecule has 2 aliphatic heterocycles.